The topological polar surface area (TPSA) is 112 Å². The number of amides is 1. The number of carbonyl (C=O) groups excluding carboxylic acids is 1. The van der Waals surface area contributed by atoms with Crippen LogP contribution >= 0.6 is 0 Å². The summed E-state index contributed by atoms with van der Waals surface area (Å²) in [4.78, 5) is 24.8. The van der Waals surface area contributed by atoms with Gasteiger partial charge in [0.2, 0.25) is 5.76 Å². The molecule has 17 heavy (non-hydrogen) atoms. The Hall–Kier alpha value is -2.18. The zero-order chi connectivity index (χ0) is 13.2. The number of hydrogen-bond donors (Lipinski definition) is 1. The van der Waals surface area contributed by atoms with Crippen LogP contribution < -0.4 is 5.73 Å². The Kier molecular flexibility index (Phi) is 3.31. The Bertz CT molecular complexity index is 482. The molecule has 0 bridgehead atoms. The van der Waals surface area contributed by atoms with Crippen LogP contribution in [0, 0.1) is 15.5 Å². The Balaban J connectivity index is 2.94. The van der Waals surface area contributed by atoms with Gasteiger partial charge in [-0.1, -0.05) is 20.8 Å². The summed E-state index contributed by atoms with van der Waals surface area (Å²) in [6.07, 6.45) is 0. The number of hydrogen-bond acceptors (Lipinski definition) is 4. The van der Waals surface area contributed by atoms with Crippen LogP contribution in [0.5, 0.6) is 0 Å². The highest BCUT2D eigenvalue weighted by molar-refractivity contribution is 6.02. The first kappa shape index (κ1) is 12.9. The van der Waals surface area contributed by atoms with Crippen molar-refractivity contribution in [2.45, 2.75) is 20.8 Å². The number of nitrogens with zero attached hydrogens (tertiary/aromatic N) is 2. The molecule has 0 aliphatic carbocycles. The van der Waals surface area contributed by atoms with E-state index in [2.05, 4.69) is 4.99 Å². The third kappa shape index (κ3) is 3.13. The van der Waals surface area contributed by atoms with Crippen molar-refractivity contribution in [1.29, 1.82) is 0 Å². The maximum absolute atomic E-state index is 11.6. The van der Waals surface area contributed by atoms with Crippen molar-refractivity contribution >= 4 is 17.6 Å². The molecule has 2 N–H and O–H groups in total. The molecule has 0 radical (unpaired) electrons. The largest absolute Gasteiger partial charge is 0.433 e. The highest BCUT2D eigenvalue weighted by Crippen LogP contribution is 2.18. The van der Waals surface area contributed by atoms with E-state index in [9.17, 15) is 14.9 Å². The van der Waals surface area contributed by atoms with Crippen molar-refractivity contribution in [2.24, 2.45) is 16.1 Å². The Morgan fingerprint density at radius 2 is 2.06 bits per heavy atom. The van der Waals surface area contributed by atoms with Crippen molar-refractivity contribution in [3.8, 4) is 0 Å². The molecule has 1 heterocycles. The summed E-state index contributed by atoms with van der Waals surface area (Å²) >= 11 is 0. The van der Waals surface area contributed by atoms with E-state index in [1.54, 1.807) is 20.8 Å². The standard InChI is InChI=1S/C10H13N3O4/c1-10(2,3)9(11)12-8(14)6-4-5-7(17-6)13(15)16/h4-5H,1-3H3,(H2,11,12,14). The second kappa shape index (κ2) is 4.36. The molecule has 1 rings (SSSR count). The van der Waals surface area contributed by atoms with Gasteiger partial charge in [0.25, 0.3) is 0 Å². The number of furan rings is 1. The zero-order valence-corrected chi connectivity index (χ0v) is 9.76. The molecule has 7 heteroatoms. The van der Waals surface area contributed by atoms with Crippen LogP contribution in [0.2, 0.25) is 0 Å². The Morgan fingerprint density at radius 3 is 2.47 bits per heavy atom. The number of aliphatic imine (C=N–C) groups is 1. The van der Waals surface area contributed by atoms with E-state index in [4.69, 9.17) is 10.2 Å². The number of nitro groups is 1. The van der Waals surface area contributed by atoms with Gasteiger partial charge in [0.15, 0.2) is 0 Å². The van der Waals surface area contributed by atoms with Crippen LogP contribution in [0.1, 0.15) is 31.3 Å². The van der Waals surface area contributed by atoms with Crippen molar-refractivity contribution in [3.05, 3.63) is 28.0 Å². The summed E-state index contributed by atoms with van der Waals surface area (Å²) < 4.78 is 4.71. The highest BCUT2D eigenvalue weighted by Gasteiger charge is 2.20. The van der Waals surface area contributed by atoms with Gasteiger partial charge in [-0.3, -0.25) is 14.9 Å². The SMILES string of the molecule is CC(C)(C)C(N)=NC(=O)c1ccc([N+](=O)[O-])o1. The van der Waals surface area contributed by atoms with Gasteiger partial charge in [0.05, 0.1) is 6.07 Å². The Morgan fingerprint density at radius 1 is 1.47 bits per heavy atom. The molecule has 7 nitrogen and oxygen atoms in total. The molecule has 0 spiro atoms. The molecule has 0 unspecified atom stereocenters. The number of nitrogens with two attached hydrogens (primary N) is 1. The lowest BCUT2D eigenvalue weighted by Crippen LogP contribution is -2.29. The van der Waals surface area contributed by atoms with Crippen LogP contribution in [0.3, 0.4) is 0 Å². The zero-order valence-electron chi connectivity index (χ0n) is 9.76. The third-order valence-electron chi connectivity index (χ3n) is 1.97. The maximum atomic E-state index is 11.6. The first-order valence-corrected chi connectivity index (χ1v) is 4.85. The fourth-order valence-electron chi connectivity index (χ4n) is 0.873. The fraction of sp³-hybridized carbons (Fsp3) is 0.400. The van der Waals surface area contributed by atoms with E-state index in [-0.39, 0.29) is 11.6 Å². The van der Waals surface area contributed by atoms with Crippen LogP contribution in [0.15, 0.2) is 21.5 Å². The molecular formula is C10H13N3O4. The van der Waals surface area contributed by atoms with Crippen LogP contribution in [0.25, 0.3) is 0 Å². The monoisotopic (exact) mass is 239 g/mol. The maximum Gasteiger partial charge on any atom is 0.433 e. The summed E-state index contributed by atoms with van der Waals surface area (Å²) in [6.45, 7) is 5.39. The molecule has 92 valence electrons. The van der Waals surface area contributed by atoms with E-state index in [1.807, 2.05) is 0 Å². The quantitative estimate of drug-likeness (QED) is 0.365. The van der Waals surface area contributed by atoms with Gasteiger partial charge in [0.1, 0.15) is 10.8 Å². The molecule has 1 amide bonds. The minimum absolute atomic E-state index is 0.140. The molecule has 0 atom stereocenters. The van der Waals surface area contributed by atoms with Crippen LogP contribution in [0.4, 0.5) is 5.88 Å². The van der Waals surface area contributed by atoms with Gasteiger partial charge < -0.3 is 10.2 Å². The third-order valence-corrected chi connectivity index (χ3v) is 1.97. The lowest BCUT2D eigenvalue weighted by molar-refractivity contribution is -0.402. The van der Waals surface area contributed by atoms with Gasteiger partial charge in [0, 0.05) is 5.41 Å². The van der Waals surface area contributed by atoms with E-state index in [1.165, 1.54) is 6.07 Å². The minimum atomic E-state index is -0.731. The average Bonchev–Trinajstić information content (AvgIpc) is 2.64. The first-order chi connectivity index (χ1) is 7.71. The van der Waals surface area contributed by atoms with E-state index >= 15 is 0 Å². The van der Waals surface area contributed by atoms with Gasteiger partial charge in [-0.2, -0.15) is 4.99 Å². The molecule has 0 aromatic carbocycles. The molecule has 0 fully saturated rings. The summed E-state index contributed by atoms with van der Waals surface area (Å²) in [6, 6.07) is 2.29. The lowest BCUT2D eigenvalue weighted by Gasteiger charge is -2.16. The van der Waals surface area contributed by atoms with Crippen molar-refractivity contribution in [3.63, 3.8) is 0 Å². The molecule has 1 aromatic heterocycles. The van der Waals surface area contributed by atoms with Crippen LogP contribution in [-0.4, -0.2) is 16.7 Å². The average molecular weight is 239 g/mol. The van der Waals surface area contributed by atoms with Crippen molar-refractivity contribution < 1.29 is 14.1 Å². The summed E-state index contributed by atoms with van der Waals surface area (Å²) in [7, 11) is 0. The fourth-order valence-corrected chi connectivity index (χ4v) is 0.873. The molecule has 0 aliphatic heterocycles. The normalized spacial score (nSPS) is 12.5. The Labute approximate surface area is 97.5 Å². The summed E-state index contributed by atoms with van der Waals surface area (Å²) in [5.41, 5.74) is 5.16. The molecule has 0 aliphatic rings. The van der Waals surface area contributed by atoms with Gasteiger partial charge >= 0.3 is 11.8 Å². The van der Waals surface area contributed by atoms with Crippen molar-refractivity contribution in [1.82, 2.24) is 0 Å². The van der Waals surface area contributed by atoms with E-state index in [0.717, 1.165) is 6.07 Å². The molecule has 0 saturated carbocycles. The first-order valence-electron chi connectivity index (χ1n) is 4.85. The summed E-state index contributed by atoms with van der Waals surface area (Å²) in [5.74, 6) is -1.30. The number of carbonyl (C=O) groups is 1. The predicted octanol–water partition coefficient (Wildman–Crippen LogP) is 1.73. The second-order valence-corrected chi connectivity index (χ2v) is 4.45. The summed E-state index contributed by atoms with van der Waals surface area (Å²) in [5, 5.41) is 10.4. The lowest BCUT2D eigenvalue weighted by atomic mass is 9.95. The van der Waals surface area contributed by atoms with E-state index < -0.39 is 22.1 Å². The molecular weight excluding hydrogens is 226 g/mol. The molecule has 1 aromatic rings. The van der Waals surface area contributed by atoms with Gasteiger partial charge in [-0.05, 0) is 6.07 Å². The second-order valence-electron chi connectivity index (χ2n) is 4.45. The van der Waals surface area contributed by atoms with E-state index in [0.29, 0.717) is 0 Å². The van der Waals surface area contributed by atoms with Gasteiger partial charge in [-0.15, -0.1) is 0 Å². The van der Waals surface area contributed by atoms with Gasteiger partial charge in [-0.25, -0.2) is 0 Å². The van der Waals surface area contributed by atoms with Crippen LogP contribution in [-0.2, 0) is 0 Å². The smallest absolute Gasteiger partial charge is 0.395 e. The molecule has 0 saturated heterocycles. The number of amidine groups is 1. The minimum Gasteiger partial charge on any atom is -0.395 e. The highest BCUT2D eigenvalue weighted by atomic mass is 16.6. The predicted molar refractivity (Wildman–Crippen MR) is 60.8 cm³/mol. The number of rotatable bonds is 2. The van der Waals surface area contributed by atoms with Crippen molar-refractivity contribution in [2.75, 3.05) is 0 Å².